The van der Waals surface area contributed by atoms with Crippen molar-refractivity contribution < 1.29 is 49.3 Å². The molecule has 0 radical (unpaired) electrons. The molecule has 1 saturated heterocycles. The van der Waals surface area contributed by atoms with Crippen LogP contribution in [0.5, 0.6) is 0 Å². The van der Waals surface area contributed by atoms with Crippen LogP contribution in [0.1, 0.15) is 406 Å². The van der Waals surface area contributed by atoms with Gasteiger partial charge in [-0.1, -0.05) is 378 Å². The highest BCUT2D eigenvalue weighted by atomic mass is 16.7. The topological polar surface area (TPSA) is 175 Å². The molecule has 1 aliphatic rings. The fraction of sp³-hybridized carbons (Fsp3) is 0.901. The highest BCUT2D eigenvalue weighted by Crippen LogP contribution is 2.24. The van der Waals surface area contributed by atoms with E-state index in [0.717, 1.165) is 70.6 Å². The second kappa shape index (κ2) is 70.2. The first-order chi connectivity index (χ1) is 45.2. The number of ether oxygens (including phenoxy) is 3. The molecule has 0 aliphatic carbocycles. The second-order valence-electron chi connectivity index (χ2n) is 28.1. The molecule has 6 N–H and O–H groups in total. The number of hydrogen-bond donors (Lipinski definition) is 6. The molecule has 0 aromatic carbocycles. The predicted molar refractivity (Wildman–Crippen MR) is 389 cm³/mol. The molecule has 11 nitrogen and oxygen atoms in total. The quantitative estimate of drug-likeness (QED) is 0.0195. The van der Waals surface area contributed by atoms with Crippen molar-refractivity contribution in [2.24, 2.45) is 0 Å². The predicted octanol–water partition coefficient (Wildman–Crippen LogP) is 21.7. The van der Waals surface area contributed by atoms with Gasteiger partial charge in [0.25, 0.3) is 0 Å². The maximum absolute atomic E-state index is 13.1. The van der Waals surface area contributed by atoms with Crippen LogP contribution in [0.4, 0.5) is 0 Å². The zero-order valence-electron chi connectivity index (χ0n) is 60.5. The number of allylic oxidation sites excluding steroid dienone is 5. The molecule has 0 saturated carbocycles. The van der Waals surface area contributed by atoms with Crippen molar-refractivity contribution in [3.8, 4) is 0 Å². The van der Waals surface area contributed by atoms with Crippen LogP contribution >= 0.6 is 0 Å². The number of rotatable bonds is 72. The summed E-state index contributed by atoms with van der Waals surface area (Å²) >= 11 is 0. The Kier molecular flexibility index (Phi) is 67.1. The summed E-state index contributed by atoms with van der Waals surface area (Å²) in [5.41, 5.74) is 0. The molecule has 0 aromatic heterocycles. The molecule has 1 rings (SSSR count). The van der Waals surface area contributed by atoms with Crippen molar-refractivity contribution in [2.45, 2.75) is 448 Å². The summed E-state index contributed by atoms with van der Waals surface area (Å²) in [4.78, 5) is 25.1. The highest BCUT2D eigenvalue weighted by molar-refractivity contribution is 5.76. The monoisotopic (exact) mass is 1300 g/mol. The Morgan fingerprint density at radius 3 is 1.05 bits per heavy atom. The van der Waals surface area contributed by atoms with Crippen LogP contribution in [0.25, 0.3) is 0 Å². The van der Waals surface area contributed by atoms with Gasteiger partial charge >= 0.3 is 5.97 Å². The second-order valence-corrected chi connectivity index (χ2v) is 28.1. The van der Waals surface area contributed by atoms with Crippen LogP contribution in [-0.2, 0) is 23.8 Å². The lowest BCUT2D eigenvalue weighted by molar-refractivity contribution is -0.302. The average molecular weight is 1300 g/mol. The first-order valence-electron chi connectivity index (χ1n) is 40.3. The van der Waals surface area contributed by atoms with E-state index < -0.39 is 49.5 Å². The number of unbranched alkanes of at least 4 members (excludes halogenated alkanes) is 54. The zero-order chi connectivity index (χ0) is 66.5. The van der Waals surface area contributed by atoms with Crippen LogP contribution in [0.2, 0.25) is 0 Å². The third-order valence-corrected chi connectivity index (χ3v) is 19.2. The fourth-order valence-corrected chi connectivity index (χ4v) is 13.0. The van der Waals surface area contributed by atoms with E-state index in [9.17, 15) is 35.1 Å². The van der Waals surface area contributed by atoms with Gasteiger partial charge in [-0.25, -0.2) is 0 Å². The number of carbonyl (C=O) groups excluding carboxylic acids is 2. The fourth-order valence-electron chi connectivity index (χ4n) is 13.0. The highest BCUT2D eigenvalue weighted by Gasteiger charge is 2.44. The van der Waals surface area contributed by atoms with Crippen LogP contribution < -0.4 is 5.32 Å². The molecule has 0 bridgehead atoms. The maximum atomic E-state index is 13.1. The van der Waals surface area contributed by atoms with E-state index in [2.05, 4.69) is 43.5 Å². The Morgan fingerprint density at radius 2 is 0.707 bits per heavy atom. The van der Waals surface area contributed by atoms with Gasteiger partial charge in [-0.2, -0.15) is 0 Å². The van der Waals surface area contributed by atoms with Crippen LogP contribution in [0, 0.1) is 0 Å². The number of hydrogen-bond acceptors (Lipinski definition) is 10. The molecule has 542 valence electrons. The smallest absolute Gasteiger partial charge is 0.305 e. The molecule has 1 amide bonds. The van der Waals surface area contributed by atoms with E-state index in [1.54, 1.807) is 6.08 Å². The van der Waals surface area contributed by atoms with E-state index in [-0.39, 0.29) is 18.5 Å². The van der Waals surface area contributed by atoms with E-state index in [1.165, 1.54) is 308 Å². The van der Waals surface area contributed by atoms with Crippen molar-refractivity contribution in [1.82, 2.24) is 5.32 Å². The number of nitrogens with one attached hydrogen (secondary N) is 1. The lowest BCUT2D eigenvalue weighted by atomic mass is 9.99. The molecule has 0 spiro atoms. The molecule has 1 heterocycles. The number of esters is 1. The third kappa shape index (κ3) is 58.1. The van der Waals surface area contributed by atoms with Gasteiger partial charge in [0.15, 0.2) is 6.29 Å². The summed E-state index contributed by atoms with van der Waals surface area (Å²) in [5.74, 6) is -0.169. The minimum Gasteiger partial charge on any atom is -0.466 e. The van der Waals surface area contributed by atoms with Gasteiger partial charge in [0.2, 0.25) is 5.91 Å². The summed E-state index contributed by atoms with van der Waals surface area (Å²) in [6.45, 7) is 4.30. The maximum Gasteiger partial charge on any atom is 0.305 e. The molecular formula is C81H153NO10. The first-order valence-corrected chi connectivity index (χ1v) is 40.3. The summed E-state index contributed by atoms with van der Waals surface area (Å²) in [5, 5.41) is 54.4. The van der Waals surface area contributed by atoms with Gasteiger partial charge < -0.3 is 45.1 Å². The number of amides is 1. The molecule has 0 aromatic rings. The van der Waals surface area contributed by atoms with Crippen molar-refractivity contribution in [3.63, 3.8) is 0 Å². The first kappa shape index (κ1) is 87.9. The summed E-state index contributed by atoms with van der Waals surface area (Å²) < 4.78 is 16.7. The Labute approximate surface area is 568 Å². The van der Waals surface area contributed by atoms with Crippen LogP contribution in [0.15, 0.2) is 36.5 Å². The molecule has 11 heteroatoms. The van der Waals surface area contributed by atoms with E-state index in [0.29, 0.717) is 19.4 Å². The SMILES string of the molecule is CCC/C=C/CC/C=C/CC/C=C/C(O)C(COC1OC(CO)C(O)C(O)C1O)NC(=O)CCCCCCCCCCCCCCCCCCCCCCCCCCCCCCCCCCCCCCCCCOC(=O)CCCCCCCCCCCCCCCC. The van der Waals surface area contributed by atoms with E-state index >= 15 is 0 Å². The van der Waals surface area contributed by atoms with Gasteiger partial charge in [-0.3, -0.25) is 9.59 Å². The number of aliphatic hydroxyl groups is 5. The average Bonchev–Trinajstić information content (AvgIpc) is 1.22. The van der Waals surface area contributed by atoms with Gasteiger partial charge in [0, 0.05) is 12.8 Å². The van der Waals surface area contributed by atoms with Gasteiger partial charge in [0.1, 0.15) is 24.4 Å². The molecule has 7 unspecified atom stereocenters. The zero-order valence-corrected chi connectivity index (χ0v) is 60.5. The molecule has 1 fully saturated rings. The van der Waals surface area contributed by atoms with E-state index in [1.807, 2.05) is 6.08 Å². The Hall–Kier alpha value is -2.12. The lowest BCUT2D eigenvalue weighted by Crippen LogP contribution is -2.60. The molecule has 1 aliphatic heterocycles. The van der Waals surface area contributed by atoms with Crippen molar-refractivity contribution in [1.29, 1.82) is 0 Å². The third-order valence-electron chi connectivity index (χ3n) is 19.2. The number of aliphatic hydroxyl groups excluding tert-OH is 5. The Balaban J connectivity index is 1.85. The minimum atomic E-state index is -1.58. The standard InChI is InChI=1S/C81H153NO10/c1-3-5-7-9-11-13-15-16-45-49-53-57-61-65-69-77(86)90-70-66-62-58-54-50-46-43-41-39-37-35-33-31-29-27-25-23-21-19-17-18-20-22-24-26-28-30-32-34-36-38-40-42-44-48-52-56-60-64-68-76(85)82-73(72-91-81-80(89)79(88)78(87)75(71-83)92-81)74(84)67-63-59-55-51-47-14-12-10-8-6-4-2/h8,10,47,51,63,67,73-75,78-81,83-84,87-89H,3-7,9,11-46,48-50,52-62,64-66,68-72H2,1-2H3,(H,82,85)/b10-8+,51-47+,67-63+. The van der Waals surface area contributed by atoms with Gasteiger partial charge in [0.05, 0.1) is 32.0 Å². The largest absolute Gasteiger partial charge is 0.466 e. The minimum absolute atomic E-state index is 0.0210. The lowest BCUT2D eigenvalue weighted by Gasteiger charge is -2.40. The van der Waals surface area contributed by atoms with Gasteiger partial charge in [-0.15, -0.1) is 0 Å². The number of carbonyl (C=O) groups is 2. The summed E-state index contributed by atoms with van der Waals surface area (Å²) in [7, 11) is 0. The van der Waals surface area contributed by atoms with Crippen molar-refractivity contribution in [3.05, 3.63) is 36.5 Å². The Bertz CT molecular complexity index is 1620. The summed E-state index contributed by atoms with van der Waals surface area (Å²) in [6.07, 6.45) is 82.1. The van der Waals surface area contributed by atoms with Crippen molar-refractivity contribution >= 4 is 11.9 Å². The molecule has 7 atom stereocenters. The molecule has 92 heavy (non-hydrogen) atoms. The van der Waals surface area contributed by atoms with Crippen LogP contribution in [0.3, 0.4) is 0 Å². The summed E-state index contributed by atoms with van der Waals surface area (Å²) in [6, 6.07) is -0.829. The van der Waals surface area contributed by atoms with Crippen LogP contribution in [-0.4, -0.2) is 100 Å². The van der Waals surface area contributed by atoms with Crippen molar-refractivity contribution in [2.75, 3.05) is 19.8 Å². The Morgan fingerprint density at radius 1 is 0.391 bits per heavy atom. The normalized spacial score (nSPS) is 17.7. The van der Waals surface area contributed by atoms with E-state index in [4.69, 9.17) is 14.2 Å². The molecular weight excluding hydrogens is 1150 g/mol. The van der Waals surface area contributed by atoms with Gasteiger partial charge in [-0.05, 0) is 51.4 Å².